The molecule has 0 saturated heterocycles. The molecule has 4 heteroatoms. The quantitative estimate of drug-likeness (QED) is 0.785. The van der Waals surface area contributed by atoms with Crippen molar-refractivity contribution >= 4 is 17.4 Å². The maximum atomic E-state index is 12.8. The Labute approximate surface area is 96.9 Å². The topological polar surface area (TPSA) is 46.2 Å². The Kier molecular flexibility index (Phi) is 3.01. The molecule has 0 aliphatic heterocycles. The minimum atomic E-state index is -0.349. The van der Waals surface area contributed by atoms with Crippen molar-refractivity contribution in [2.45, 2.75) is 9.79 Å². The molecule has 0 atom stereocenters. The summed E-state index contributed by atoms with van der Waals surface area (Å²) in [7, 11) is 0. The first-order chi connectivity index (χ1) is 7.65. The van der Waals surface area contributed by atoms with Crippen LogP contribution in [-0.2, 0) is 0 Å². The molecule has 0 saturated carbocycles. The first-order valence-corrected chi connectivity index (χ1v) is 5.49. The van der Waals surface area contributed by atoms with Gasteiger partial charge in [0.1, 0.15) is 11.6 Å². The van der Waals surface area contributed by atoms with Gasteiger partial charge in [0, 0.05) is 15.5 Å². The average Bonchev–Trinajstić information content (AvgIpc) is 2.22. The molecule has 0 heterocycles. The lowest BCUT2D eigenvalue weighted by atomic mass is 10.3. The van der Waals surface area contributed by atoms with E-state index in [0.717, 1.165) is 9.79 Å². The number of phenolic OH excluding ortho intramolecular Hbond substituents is 1. The molecule has 0 radical (unpaired) electrons. The zero-order valence-electron chi connectivity index (χ0n) is 8.35. The Morgan fingerprint density at radius 1 is 1.12 bits per heavy atom. The summed E-state index contributed by atoms with van der Waals surface area (Å²) in [4.78, 5) is 1.63. The molecule has 3 N–H and O–H groups in total. The molecule has 2 aromatic carbocycles. The van der Waals surface area contributed by atoms with Gasteiger partial charge in [0.25, 0.3) is 0 Å². The fraction of sp³-hybridized carbons (Fsp3) is 0. The molecule has 82 valence electrons. The van der Waals surface area contributed by atoms with Gasteiger partial charge in [-0.3, -0.25) is 0 Å². The number of nitrogens with two attached hydrogens (primary N) is 1. The monoisotopic (exact) mass is 235 g/mol. The lowest BCUT2D eigenvalue weighted by Crippen LogP contribution is -1.89. The van der Waals surface area contributed by atoms with Crippen molar-refractivity contribution in [1.82, 2.24) is 0 Å². The number of nitrogen functional groups attached to an aromatic ring is 1. The molecule has 0 aliphatic rings. The van der Waals surface area contributed by atoms with Gasteiger partial charge in [-0.15, -0.1) is 0 Å². The van der Waals surface area contributed by atoms with Gasteiger partial charge in [0.15, 0.2) is 0 Å². The number of phenols is 1. The van der Waals surface area contributed by atoms with Gasteiger partial charge in [-0.05, 0) is 36.4 Å². The Morgan fingerprint density at radius 3 is 2.62 bits per heavy atom. The fourth-order valence-corrected chi connectivity index (χ4v) is 2.18. The number of halogens is 1. The highest BCUT2D eigenvalue weighted by Crippen LogP contribution is 2.33. The first-order valence-electron chi connectivity index (χ1n) is 4.67. The van der Waals surface area contributed by atoms with Crippen LogP contribution in [0.3, 0.4) is 0 Å². The summed E-state index contributed by atoms with van der Waals surface area (Å²) in [6, 6.07) is 11.1. The van der Waals surface area contributed by atoms with Crippen molar-refractivity contribution in [3.63, 3.8) is 0 Å². The van der Waals surface area contributed by atoms with Crippen LogP contribution in [0, 0.1) is 5.82 Å². The predicted molar refractivity (Wildman–Crippen MR) is 63.0 cm³/mol. The number of hydrogen-bond acceptors (Lipinski definition) is 3. The van der Waals surface area contributed by atoms with Gasteiger partial charge < -0.3 is 10.8 Å². The van der Waals surface area contributed by atoms with E-state index in [1.165, 1.54) is 23.9 Å². The second-order valence-corrected chi connectivity index (χ2v) is 4.40. The van der Waals surface area contributed by atoms with E-state index in [0.29, 0.717) is 5.69 Å². The summed E-state index contributed by atoms with van der Waals surface area (Å²) < 4.78 is 12.8. The van der Waals surface area contributed by atoms with Gasteiger partial charge in [0.2, 0.25) is 0 Å². The zero-order chi connectivity index (χ0) is 11.5. The second kappa shape index (κ2) is 4.45. The van der Waals surface area contributed by atoms with E-state index in [-0.39, 0.29) is 11.6 Å². The van der Waals surface area contributed by atoms with Crippen LogP contribution in [0.25, 0.3) is 0 Å². The molecule has 0 fully saturated rings. The smallest absolute Gasteiger partial charge is 0.125 e. The van der Waals surface area contributed by atoms with E-state index >= 15 is 0 Å². The second-order valence-electron chi connectivity index (χ2n) is 3.28. The maximum Gasteiger partial charge on any atom is 0.125 e. The van der Waals surface area contributed by atoms with E-state index in [2.05, 4.69) is 0 Å². The Hall–Kier alpha value is -1.68. The highest BCUT2D eigenvalue weighted by atomic mass is 32.2. The summed E-state index contributed by atoms with van der Waals surface area (Å²) in [5.74, 6) is -0.150. The van der Waals surface area contributed by atoms with Crippen LogP contribution < -0.4 is 5.73 Å². The molecular weight excluding hydrogens is 225 g/mol. The van der Waals surface area contributed by atoms with Crippen LogP contribution in [0.4, 0.5) is 10.1 Å². The zero-order valence-corrected chi connectivity index (χ0v) is 9.17. The number of benzene rings is 2. The van der Waals surface area contributed by atoms with Gasteiger partial charge in [0.05, 0.1) is 0 Å². The summed E-state index contributed by atoms with van der Waals surface area (Å²) in [5.41, 5.74) is 6.08. The van der Waals surface area contributed by atoms with Gasteiger partial charge in [-0.2, -0.15) is 0 Å². The first kappa shape index (κ1) is 10.8. The molecule has 2 aromatic rings. The molecule has 0 aromatic heterocycles. The number of anilines is 1. The summed E-state index contributed by atoms with van der Waals surface area (Å²) in [6.07, 6.45) is 0. The minimum absolute atomic E-state index is 0.200. The molecule has 16 heavy (non-hydrogen) atoms. The third kappa shape index (κ3) is 2.46. The SMILES string of the molecule is Nc1cc(F)ccc1Sc1cccc(O)c1. The van der Waals surface area contributed by atoms with Crippen LogP contribution >= 0.6 is 11.8 Å². The molecular formula is C12H10FNOS. The van der Waals surface area contributed by atoms with Crippen molar-refractivity contribution in [2.24, 2.45) is 0 Å². The third-order valence-corrected chi connectivity index (χ3v) is 3.10. The average molecular weight is 235 g/mol. The standard InChI is InChI=1S/C12H10FNOS/c13-8-4-5-12(11(14)6-8)16-10-3-1-2-9(15)7-10/h1-7,15H,14H2. The molecule has 2 nitrogen and oxygen atoms in total. The van der Waals surface area contributed by atoms with Gasteiger partial charge >= 0.3 is 0 Å². The molecule has 0 spiro atoms. The van der Waals surface area contributed by atoms with Crippen molar-refractivity contribution in [1.29, 1.82) is 0 Å². The van der Waals surface area contributed by atoms with E-state index in [9.17, 15) is 9.50 Å². The Balaban J connectivity index is 2.27. The van der Waals surface area contributed by atoms with Crippen LogP contribution in [0.5, 0.6) is 5.75 Å². The van der Waals surface area contributed by atoms with Crippen molar-refractivity contribution in [3.05, 3.63) is 48.3 Å². The van der Waals surface area contributed by atoms with Crippen molar-refractivity contribution in [2.75, 3.05) is 5.73 Å². The number of rotatable bonds is 2. The largest absolute Gasteiger partial charge is 0.508 e. The normalized spacial score (nSPS) is 10.3. The lowest BCUT2D eigenvalue weighted by molar-refractivity contribution is 0.474. The highest BCUT2D eigenvalue weighted by molar-refractivity contribution is 7.99. The van der Waals surface area contributed by atoms with Gasteiger partial charge in [-0.1, -0.05) is 17.8 Å². The van der Waals surface area contributed by atoms with Crippen molar-refractivity contribution < 1.29 is 9.50 Å². The highest BCUT2D eigenvalue weighted by Gasteiger charge is 2.03. The molecule has 0 bridgehead atoms. The maximum absolute atomic E-state index is 12.8. The van der Waals surface area contributed by atoms with Crippen molar-refractivity contribution in [3.8, 4) is 5.75 Å². The molecule has 0 unspecified atom stereocenters. The molecule has 0 aliphatic carbocycles. The molecule has 0 amide bonds. The van der Waals surface area contributed by atoms with E-state index in [1.807, 2.05) is 6.07 Å². The Bertz CT molecular complexity index is 516. The summed E-state index contributed by atoms with van der Waals surface area (Å²) in [5, 5.41) is 9.30. The van der Waals surface area contributed by atoms with E-state index in [1.54, 1.807) is 24.3 Å². The van der Waals surface area contributed by atoms with Crippen LogP contribution in [-0.4, -0.2) is 5.11 Å². The summed E-state index contributed by atoms with van der Waals surface area (Å²) >= 11 is 1.39. The van der Waals surface area contributed by atoms with E-state index in [4.69, 9.17) is 5.73 Å². The number of aromatic hydroxyl groups is 1. The third-order valence-electron chi connectivity index (χ3n) is 2.02. The predicted octanol–water partition coefficient (Wildman–Crippen LogP) is 3.26. The summed E-state index contributed by atoms with van der Waals surface area (Å²) in [6.45, 7) is 0. The fourth-order valence-electron chi connectivity index (χ4n) is 1.29. The van der Waals surface area contributed by atoms with Crippen LogP contribution in [0.1, 0.15) is 0 Å². The molecule has 2 rings (SSSR count). The van der Waals surface area contributed by atoms with Gasteiger partial charge in [-0.25, -0.2) is 4.39 Å². The van der Waals surface area contributed by atoms with Crippen LogP contribution in [0.15, 0.2) is 52.3 Å². The Morgan fingerprint density at radius 2 is 1.94 bits per heavy atom. The lowest BCUT2D eigenvalue weighted by Gasteiger charge is -2.05. The van der Waals surface area contributed by atoms with Crippen LogP contribution in [0.2, 0.25) is 0 Å². The van der Waals surface area contributed by atoms with E-state index < -0.39 is 0 Å². The minimum Gasteiger partial charge on any atom is -0.508 e. The number of hydrogen-bond donors (Lipinski definition) is 2.